The fraction of sp³-hybridized carbons (Fsp3) is 0.130. The van der Waals surface area contributed by atoms with E-state index in [2.05, 4.69) is 26.5 Å². The van der Waals surface area contributed by atoms with Crippen molar-refractivity contribution in [1.82, 2.24) is 5.43 Å². The fourth-order valence-corrected chi connectivity index (χ4v) is 3.46. The maximum absolute atomic E-state index is 12.2. The summed E-state index contributed by atoms with van der Waals surface area (Å²) in [5.74, 6) is 0.758. The summed E-state index contributed by atoms with van der Waals surface area (Å²) in [6, 6.07) is 17.7. The van der Waals surface area contributed by atoms with E-state index < -0.39 is 0 Å². The largest absolute Gasteiger partial charge is 0.490 e. The third-order valence-corrected chi connectivity index (χ3v) is 5.45. The Morgan fingerprint density at radius 3 is 2.58 bits per heavy atom. The molecule has 0 saturated heterocycles. The monoisotopic (exact) mass is 520 g/mol. The molecule has 0 aromatic heterocycles. The molecule has 0 aliphatic rings. The average molecular weight is 522 g/mol. The van der Waals surface area contributed by atoms with Crippen molar-refractivity contribution in [2.45, 2.75) is 13.5 Å². The highest BCUT2D eigenvalue weighted by Crippen LogP contribution is 2.34. The standard InChI is InChI=1S/C23H19BrCl2N2O3/c1-2-30-21-11-17(13-27-28-23(29)15-7-5-8-18(25)10-15)19(24)12-22(21)31-14-16-6-3-4-9-20(16)26/h3-13H,2,14H2,1H3,(H,28,29)/b27-13-. The Labute approximate surface area is 199 Å². The summed E-state index contributed by atoms with van der Waals surface area (Å²) < 4.78 is 12.4. The molecule has 3 rings (SSSR count). The highest BCUT2D eigenvalue weighted by molar-refractivity contribution is 9.10. The number of carbonyl (C=O) groups excluding carboxylic acids is 1. The van der Waals surface area contributed by atoms with E-state index in [1.165, 1.54) is 6.21 Å². The molecule has 0 unspecified atom stereocenters. The van der Waals surface area contributed by atoms with Crippen LogP contribution < -0.4 is 14.9 Å². The van der Waals surface area contributed by atoms with Crippen LogP contribution in [0.2, 0.25) is 10.0 Å². The van der Waals surface area contributed by atoms with Crippen LogP contribution in [0.5, 0.6) is 11.5 Å². The van der Waals surface area contributed by atoms with Crippen LogP contribution in [0.1, 0.15) is 28.4 Å². The number of nitrogens with zero attached hydrogens (tertiary/aromatic N) is 1. The highest BCUT2D eigenvalue weighted by atomic mass is 79.9. The second-order valence-corrected chi connectivity index (χ2v) is 8.04. The molecule has 5 nitrogen and oxygen atoms in total. The van der Waals surface area contributed by atoms with Crippen LogP contribution in [0.25, 0.3) is 0 Å². The van der Waals surface area contributed by atoms with Gasteiger partial charge in [0, 0.05) is 31.2 Å². The lowest BCUT2D eigenvalue weighted by Gasteiger charge is -2.14. The lowest BCUT2D eigenvalue weighted by atomic mass is 10.2. The Hall–Kier alpha value is -2.54. The molecule has 0 radical (unpaired) electrons. The molecule has 31 heavy (non-hydrogen) atoms. The van der Waals surface area contributed by atoms with E-state index in [1.54, 1.807) is 36.4 Å². The lowest BCUT2D eigenvalue weighted by Crippen LogP contribution is -2.17. The maximum atomic E-state index is 12.2. The van der Waals surface area contributed by atoms with E-state index in [4.69, 9.17) is 32.7 Å². The molecule has 3 aromatic carbocycles. The second-order valence-electron chi connectivity index (χ2n) is 6.34. The summed E-state index contributed by atoms with van der Waals surface area (Å²) in [5.41, 5.74) is 4.48. The number of halogens is 3. The molecule has 0 fully saturated rings. The van der Waals surface area contributed by atoms with Gasteiger partial charge in [-0.3, -0.25) is 4.79 Å². The second kappa shape index (κ2) is 11.2. The van der Waals surface area contributed by atoms with Gasteiger partial charge in [0.1, 0.15) is 6.61 Å². The Kier molecular flexibility index (Phi) is 8.35. The molecule has 0 saturated carbocycles. The number of carbonyl (C=O) groups is 1. The van der Waals surface area contributed by atoms with E-state index in [0.717, 1.165) is 10.0 Å². The Balaban J connectivity index is 1.73. The number of ether oxygens (including phenoxy) is 2. The molecule has 0 aliphatic carbocycles. The van der Waals surface area contributed by atoms with Crippen molar-refractivity contribution < 1.29 is 14.3 Å². The van der Waals surface area contributed by atoms with Crippen molar-refractivity contribution in [2.24, 2.45) is 5.10 Å². The van der Waals surface area contributed by atoms with E-state index in [9.17, 15) is 4.79 Å². The third kappa shape index (κ3) is 6.47. The topological polar surface area (TPSA) is 59.9 Å². The van der Waals surface area contributed by atoms with Gasteiger partial charge in [0.2, 0.25) is 0 Å². The summed E-state index contributed by atoms with van der Waals surface area (Å²) in [6.07, 6.45) is 1.52. The summed E-state index contributed by atoms with van der Waals surface area (Å²) in [7, 11) is 0. The molecule has 0 aliphatic heterocycles. The van der Waals surface area contributed by atoms with Gasteiger partial charge >= 0.3 is 0 Å². The third-order valence-electron chi connectivity index (χ3n) is 4.16. The van der Waals surface area contributed by atoms with Gasteiger partial charge < -0.3 is 9.47 Å². The molecule has 0 atom stereocenters. The van der Waals surface area contributed by atoms with Crippen molar-refractivity contribution in [3.05, 3.63) is 91.9 Å². The zero-order chi connectivity index (χ0) is 22.2. The summed E-state index contributed by atoms with van der Waals surface area (Å²) in [6.45, 7) is 2.65. The van der Waals surface area contributed by atoms with Crippen molar-refractivity contribution in [1.29, 1.82) is 0 Å². The normalized spacial score (nSPS) is 10.8. The Bertz CT molecular complexity index is 1110. The maximum Gasteiger partial charge on any atom is 0.271 e. The van der Waals surface area contributed by atoms with Gasteiger partial charge in [-0.1, -0.05) is 47.5 Å². The summed E-state index contributed by atoms with van der Waals surface area (Å²) in [4.78, 5) is 12.2. The number of nitrogens with one attached hydrogen (secondary N) is 1. The zero-order valence-corrected chi connectivity index (χ0v) is 19.7. The smallest absolute Gasteiger partial charge is 0.271 e. The molecule has 3 aromatic rings. The van der Waals surface area contributed by atoms with Crippen LogP contribution in [-0.2, 0) is 6.61 Å². The fourth-order valence-electron chi connectivity index (χ4n) is 2.66. The van der Waals surface area contributed by atoms with Crippen molar-refractivity contribution in [3.63, 3.8) is 0 Å². The van der Waals surface area contributed by atoms with Gasteiger partial charge in [-0.15, -0.1) is 0 Å². The van der Waals surface area contributed by atoms with Gasteiger partial charge in [-0.2, -0.15) is 5.10 Å². The number of hydrogen-bond donors (Lipinski definition) is 1. The minimum absolute atomic E-state index is 0.301. The first kappa shape index (κ1) is 23.1. The first-order valence-corrected chi connectivity index (χ1v) is 10.9. The molecular weight excluding hydrogens is 503 g/mol. The molecule has 0 spiro atoms. The van der Waals surface area contributed by atoms with Crippen molar-refractivity contribution >= 4 is 51.3 Å². The van der Waals surface area contributed by atoms with Crippen LogP contribution in [0.3, 0.4) is 0 Å². The number of benzene rings is 3. The van der Waals surface area contributed by atoms with Crippen LogP contribution in [0.4, 0.5) is 0 Å². The minimum atomic E-state index is -0.361. The van der Waals surface area contributed by atoms with Gasteiger partial charge in [0.15, 0.2) is 11.5 Å². The molecule has 1 amide bonds. The van der Waals surface area contributed by atoms with Gasteiger partial charge in [0.25, 0.3) is 5.91 Å². The average Bonchev–Trinajstić information content (AvgIpc) is 2.75. The first-order valence-electron chi connectivity index (χ1n) is 9.39. The summed E-state index contributed by atoms with van der Waals surface area (Å²) in [5, 5.41) is 5.15. The molecule has 160 valence electrons. The SMILES string of the molecule is CCOc1cc(/C=N\NC(=O)c2cccc(Cl)c2)c(Br)cc1OCc1ccccc1Cl. The molecular formula is C23H19BrCl2N2O3. The quantitative estimate of drug-likeness (QED) is 0.272. The van der Waals surface area contributed by atoms with Gasteiger partial charge in [-0.25, -0.2) is 5.43 Å². The zero-order valence-electron chi connectivity index (χ0n) is 16.6. The van der Waals surface area contributed by atoms with Crippen LogP contribution in [0, 0.1) is 0 Å². The molecule has 1 N–H and O–H groups in total. The van der Waals surface area contributed by atoms with E-state index in [0.29, 0.717) is 45.9 Å². The number of amides is 1. The van der Waals surface area contributed by atoms with Crippen molar-refractivity contribution in [2.75, 3.05) is 6.61 Å². The lowest BCUT2D eigenvalue weighted by molar-refractivity contribution is 0.0955. The van der Waals surface area contributed by atoms with Gasteiger partial charge in [-0.05, 0) is 59.3 Å². The van der Waals surface area contributed by atoms with Gasteiger partial charge in [0.05, 0.1) is 12.8 Å². The van der Waals surface area contributed by atoms with E-state index >= 15 is 0 Å². The molecule has 8 heteroatoms. The van der Waals surface area contributed by atoms with E-state index in [1.807, 2.05) is 31.2 Å². The predicted molar refractivity (Wildman–Crippen MR) is 128 cm³/mol. The van der Waals surface area contributed by atoms with Crippen LogP contribution in [0.15, 0.2) is 70.2 Å². The number of hydrogen-bond acceptors (Lipinski definition) is 4. The van der Waals surface area contributed by atoms with Crippen LogP contribution in [-0.4, -0.2) is 18.7 Å². The molecule has 0 bridgehead atoms. The molecule has 0 heterocycles. The van der Waals surface area contributed by atoms with E-state index in [-0.39, 0.29) is 5.91 Å². The Morgan fingerprint density at radius 1 is 1.06 bits per heavy atom. The number of rotatable bonds is 8. The van der Waals surface area contributed by atoms with Crippen molar-refractivity contribution in [3.8, 4) is 11.5 Å². The van der Waals surface area contributed by atoms with Crippen LogP contribution >= 0.6 is 39.1 Å². The minimum Gasteiger partial charge on any atom is -0.490 e. The first-order chi connectivity index (χ1) is 15.0. The highest BCUT2D eigenvalue weighted by Gasteiger charge is 2.12. The summed E-state index contributed by atoms with van der Waals surface area (Å²) >= 11 is 15.6. The number of hydrazone groups is 1. The Morgan fingerprint density at radius 2 is 1.84 bits per heavy atom. The predicted octanol–water partition coefficient (Wildman–Crippen LogP) is 6.50.